The van der Waals surface area contributed by atoms with Crippen molar-refractivity contribution in [3.05, 3.63) is 9.74 Å². The lowest BCUT2D eigenvalue weighted by molar-refractivity contribution is -0.168. The van der Waals surface area contributed by atoms with Crippen LogP contribution in [0.25, 0.3) is 0 Å². The molecular formula is C6H5BrF4N2OS. The van der Waals surface area contributed by atoms with Crippen LogP contribution in [-0.4, -0.2) is 28.3 Å². The van der Waals surface area contributed by atoms with E-state index in [0.29, 0.717) is 3.92 Å². The molecule has 0 unspecified atom stereocenters. The van der Waals surface area contributed by atoms with Crippen LogP contribution in [0.2, 0.25) is 0 Å². The monoisotopic (exact) mass is 308 g/mol. The zero-order valence-electron chi connectivity index (χ0n) is 7.09. The molecule has 0 radical (unpaired) electrons. The van der Waals surface area contributed by atoms with Crippen LogP contribution >= 0.6 is 27.5 Å². The van der Waals surface area contributed by atoms with Crippen LogP contribution in [0.5, 0.6) is 0 Å². The average Bonchev–Trinajstić information content (AvgIpc) is 2.51. The first kappa shape index (κ1) is 12.8. The maximum Gasteiger partial charge on any atom is 0.330 e. The van der Waals surface area contributed by atoms with E-state index < -0.39 is 19.0 Å². The molecule has 15 heavy (non-hydrogen) atoms. The number of aromatic nitrogens is 2. The maximum absolute atomic E-state index is 12.3. The van der Waals surface area contributed by atoms with Crippen molar-refractivity contribution in [1.82, 2.24) is 9.36 Å². The summed E-state index contributed by atoms with van der Waals surface area (Å²) in [6.45, 7) is -1.66. The van der Waals surface area contributed by atoms with E-state index in [0.717, 1.165) is 11.5 Å². The number of hydrogen-bond acceptors (Lipinski definition) is 4. The Morgan fingerprint density at radius 2 is 2.13 bits per heavy atom. The number of ether oxygens (including phenoxy) is 1. The highest BCUT2D eigenvalue weighted by Crippen LogP contribution is 2.23. The summed E-state index contributed by atoms with van der Waals surface area (Å²) in [6, 6.07) is 0. The largest absolute Gasteiger partial charge is 0.367 e. The van der Waals surface area contributed by atoms with Gasteiger partial charge in [0, 0.05) is 0 Å². The lowest BCUT2D eigenvalue weighted by Crippen LogP contribution is -2.32. The second-order valence-electron chi connectivity index (χ2n) is 2.52. The van der Waals surface area contributed by atoms with E-state index in [1.165, 1.54) is 0 Å². The quantitative estimate of drug-likeness (QED) is 0.785. The molecule has 0 bridgehead atoms. The highest BCUT2D eigenvalue weighted by atomic mass is 79.9. The van der Waals surface area contributed by atoms with Gasteiger partial charge in [0.2, 0.25) is 0 Å². The Hall–Kier alpha value is -0.280. The average molecular weight is 309 g/mol. The van der Waals surface area contributed by atoms with Gasteiger partial charge in [-0.3, -0.25) is 0 Å². The normalized spacial score (nSPS) is 12.4. The summed E-state index contributed by atoms with van der Waals surface area (Å²) >= 11 is 4.02. The second kappa shape index (κ2) is 5.17. The van der Waals surface area contributed by atoms with Gasteiger partial charge in [-0.25, -0.2) is 13.8 Å². The summed E-state index contributed by atoms with van der Waals surface area (Å²) < 4.78 is 56.6. The topological polar surface area (TPSA) is 35.0 Å². The molecule has 9 heteroatoms. The summed E-state index contributed by atoms with van der Waals surface area (Å²) in [5.41, 5.74) is 0. The van der Waals surface area contributed by atoms with Crippen LogP contribution in [0.15, 0.2) is 3.92 Å². The molecule has 1 aromatic rings. The van der Waals surface area contributed by atoms with Crippen molar-refractivity contribution in [2.24, 2.45) is 0 Å². The fraction of sp³-hybridized carbons (Fsp3) is 0.667. The van der Waals surface area contributed by atoms with Gasteiger partial charge in [0.25, 0.3) is 0 Å². The highest BCUT2D eigenvalue weighted by molar-refractivity contribution is 9.11. The Kier molecular flexibility index (Phi) is 4.41. The Morgan fingerprint density at radius 1 is 1.47 bits per heavy atom. The van der Waals surface area contributed by atoms with E-state index in [1.54, 1.807) is 0 Å². The van der Waals surface area contributed by atoms with E-state index in [9.17, 15) is 17.6 Å². The van der Waals surface area contributed by atoms with Crippen LogP contribution in [0.1, 0.15) is 5.82 Å². The minimum Gasteiger partial charge on any atom is -0.367 e. The number of nitrogens with zero attached hydrogens (tertiary/aromatic N) is 2. The van der Waals surface area contributed by atoms with Crippen LogP contribution in [0.4, 0.5) is 17.6 Å². The predicted molar refractivity (Wildman–Crippen MR) is 48.2 cm³/mol. The number of alkyl halides is 4. The molecule has 0 aromatic carbocycles. The Balaban J connectivity index is 2.33. The third-order valence-electron chi connectivity index (χ3n) is 1.29. The molecule has 3 nitrogen and oxygen atoms in total. The third-order valence-corrected chi connectivity index (χ3v) is 2.44. The van der Waals surface area contributed by atoms with Gasteiger partial charge >= 0.3 is 12.3 Å². The molecule has 0 atom stereocenters. The summed E-state index contributed by atoms with van der Waals surface area (Å²) in [6.07, 6.45) is -3.73. The van der Waals surface area contributed by atoms with E-state index >= 15 is 0 Å². The van der Waals surface area contributed by atoms with Crippen molar-refractivity contribution in [3.63, 3.8) is 0 Å². The first-order chi connectivity index (χ1) is 6.92. The van der Waals surface area contributed by atoms with Crippen molar-refractivity contribution in [3.8, 4) is 0 Å². The molecule has 1 rings (SSSR count). The van der Waals surface area contributed by atoms with Crippen molar-refractivity contribution < 1.29 is 22.3 Å². The van der Waals surface area contributed by atoms with Gasteiger partial charge < -0.3 is 4.74 Å². The molecule has 0 N–H and O–H groups in total. The number of halogens is 5. The van der Waals surface area contributed by atoms with Gasteiger partial charge in [-0.2, -0.15) is 13.2 Å². The second-order valence-corrected chi connectivity index (χ2v) is 4.55. The van der Waals surface area contributed by atoms with Crippen LogP contribution in [0, 0.1) is 0 Å². The van der Waals surface area contributed by atoms with E-state index in [-0.39, 0.29) is 12.4 Å². The molecule has 0 aliphatic rings. The Labute approximate surface area is 94.8 Å². The summed E-state index contributed by atoms with van der Waals surface area (Å²) in [4.78, 5) is 3.74. The molecule has 0 saturated heterocycles. The highest BCUT2D eigenvalue weighted by Gasteiger charge is 2.40. The molecule has 0 saturated carbocycles. The molecule has 1 aromatic heterocycles. The fourth-order valence-electron chi connectivity index (χ4n) is 0.633. The zero-order chi connectivity index (χ0) is 11.5. The lowest BCUT2D eigenvalue weighted by atomic mass is 10.4. The minimum atomic E-state index is -4.13. The van der Waals surface area contributed by atoms with Crippen molar-refractivity contribution in [1.29, 1.82) is 0 Å². The molecule has 0 aliphatic heterocycles. The van der Waals surface area contributed by atoms with Crippen molar-refractivity contribution in [2.45, 2.75) is 19.0 Å². The van der Waals surface area contributed by atoms with Gasteiger partial charge in [0.15, 0.2) is 9.74 Å². The summed E-state index contributed by atoms with van der Waals surface area (Å²) in [7, 11) is 0. The number of rotatable bonds is 5. The fourth-order valence-corrected chi connectivity index (χ4v) is 1.47. The number of hydrogen-bond donors (Lipinski definition) is 0. The standard InChI is InChI=1S/C6H5BrF4N2OS/c7-5-12-3(13-15-5)1-14-2-6(10,11)4(8)9/h4H,1-2H2. The van der Waals surface area contributed by atoms with Gasteiger partial charge in [0.1, 0.15) is 13.2 Å². The first-order valence-electron chi connectivity index (χ1n) is 3.63. The van der Waals surface area contributed by atoms with Gasteiger partial charge in [-0.1, -0.05) is 0 Å². The van der Waals surface area contributed by atoms with Crippen LogP contribution < -0.4 is 0 Å². The predicted octanol–water partition coefficient (Wildman–Crippen LogP) is 2.72. The van der Waals surface area contributed by atoms with Gasteiger partial charge in [-0.15, -0.1) is 0 Å². The molecule has 0 amide bonds. The summed E-state index contributed by atoms with van der Waals surface area (Å²) in [5.74, 6) is -3.95. The van der Waals surface area contributed by atoms with Crippen molar-refractivity contribution in [2.75, 3.05) is 6.61 Å². The van der Waals surface area contributed by atoms with Gasteiger partial charge in [0.05, 0.1) is 0 Å². The van der Waals surface area contributed by atoms with Crippen LogP contribution in [-0.2, 0) is 11.3 Å². The van der Waals surface area contributed by atoms with Crippen molar-refractivity contribution >= 4 is 27.5 Å². The molecule has 0 aliphatic carbocycles. The molecule has 1 heterocycles. The Morgan fingerprint density at radius 3 is 2.60 bits per heavy atom. The molecule has 86 valence electrons. The molecular weight excluding hydrogens is 304 g/mol. The lowest BCUT2D eigenvalue weighted by Gasteiger charge is -2.14. The van der Waals surface area contributed by atoms with E-state index in [1.807, 2.05) is 0 Å². The van der Waals surface area contributed by atoms with Gasteiger partial charge in [-0.05, 0) is 27.5 Å². The Bertz CT molecular complexity index is 322. The molecule has 0 fully saturated rings. The first-order valence-corrected chi connectivity index (χ1v) is 5.20. The zero-order valence-corrected chi connectivity index (χ0v) is 9.49. The smallest absolute Gasteiger partial charge is 0.330 e. The maximum atomic E-state index is 12.3. The minimum absolute atomic E-state index is 0.178. The SMILES string of the molecule is FC(F)C(F)(F)COCc1nsc(Br)n1. The summed E-state index contributed by atoms with van der Waals surface area (Å²) in [5, 5.41) is 0. The molecule has 0 spiro atoms. The van der Waals surface area contributed by atoms with Crippen LogP contribution in [0.3, 0.4) is 0 Å². The van der Waals surface area contributed by atoms with E-state index in [4.69, 9.17) is 0 Å². The third kappa shape index (κ3) is 3.99. The van der Waals surface area contributed by atoms with E-state index in [2.05, 4.69) is 30.0 Å².